The molecule has 0 radical (unpaired) electrons. The van der Waals surface area contributed by atoms with Crippen molar-refractivity contribution in [3.8, 4) is 0 Å². The Labute approximate surface area is 131 Å². The molecule has 0 heterocycles. The molecule has 4 heteroatoms. The van der Waals surface area contributed by atoms with E-state index in [0.717, 1.165) is 37.8 Å². The molecule has 0 amide bonds. The number of hydrogen-bond donors (Lipinski definition) is 1. The number of sulfone groups is 1. The predicted octanol–water partition coefficient (Wildman–Crippen LogP) is 3.25. The molecule has 2 rings (SSSR count). The fourth-order valence-electron chi connectivity index (χ4n) is 4.57. The monoisotopic (exact) mass is 315 g/mol. The van der Waals surface area contributed by atoms with Gasteiger partial charge in [0.15, 0.2) is 0 Å². The van der Waals surface area contributed by atoms with Gasteiger partial charge in [-0.1, -0.05) is 27.2 Å². The van der Waals surface area contributed by atoms with Gasteiger partial charge in [0.2, 0.25) is 0 Å². The van der Waals surface area contributed by atoms with Gasteiger partial charge in [0, 0.05) is 12.3 Å². The highest BCUT2D eigenvalue weighted by atomic mass is 32.2. The number of nitrogens with one attached hydrogen (secondary N) is 1. The normalized spacial score (nSPS) is 32.2. The zero-order valence-corrected chi connectivity index (χ0v) is 14.8. The third kappa shape index (κ3) is 4.44. The van der Waals surface area contributed by atoms with Gasteiger partial charge >= 0.3 is 0 Å². The summed E-state index contributed by atoms with van der Waals surface area (Å²) < 4.78 is 23.5. The van der Waals surface area contributed by atoms with E-state index in [2.05, 4.69) is 19.2 Å². The Morgan fingerprint density at radius 2 is 2.05 bits per heavy atom. The second kappa shape index (κ2) is 6.99. The number of rotatable bonds is 9. The fraction of sp³-hybridized carbons (Fsp3) is 1.00. The van der Waals surface area contributed by atoms with E-state index in [4.69, 9.17) is 0 Å². The standard InChI is InChI=1S/C17H33NO2S/c1-4-21(19,20)9-5-8-17(13-18-12-14(2)3)11-15-6-7-16(17)10-15/h14-16,18H,4-13H2,1-3H3. The molecule has 2 bridgehead atoms. The zero-order valence-electron chi connectivity index (χ0n) is 14.0. The molecule has 2 saturated carbocycles. The first-order chi connectivity index (χ1) is 9.87. The minimum Gasteiger partial charge on any atom is -0.316 e. The fourth-order valence-corrected chi connectivity index (χ4v) is 5.44. The third-order valence-electron chi connectivity index (χ3n) is 5.70. The van der Waals surface area contributed by atoms with Gasteiger partial charge in [-0.25, -0.2) is 8.42 Å². The van der Waals surface area contributed by atoms with Crippen molar-refractivity contribution >= 4 is 9.84 Å². The van der Waals surface area contributed by atoms with Gasteiger partial charge in [-0.05, 0) is 61.8 Å². The average Bonchev–Trinajstić information content (AvgIpc) is 2.99. The summed E-state index contributed by atoms with van der Waals surface area (Å²) in [6.45, 7) is 8.42. The van der Waals surface area contributed by atoms with Crippen LogP contribution in [0, 0.1) is 23.2 Å². The first-order valence-corrected chi connectivity index (χ1v) is 10.6. The van der Waals surface area contributed by atoms with Crippen LogP contribution in [0.25, 0.3) is 0 Å². The van der Waals surface area contributed by atoms with E-state index < -0.39 is 9.84 Å². The summed E-state index contributed by atoms with van der Waals surface area (Å²) in [5, 5.41) is 3.66. The van der Waals surface area contributed by atoms with Crippen molar-refractivity contribution in [3.05, 3.63) is 0 Å². The third-order valence-corrected chi connectivity index (χ3v) is 7.49. The van der Waals surface area contributed by atoms with Crippen LogP contribution in [0.2, 0.25) is 0 Å². The highest BCUT2D eigenvalue weighted by molar-refractivity contribution is 7.91. The lowest BCUT2D eigenvalue weighted by molar-refractivity contribution is 0.140. The van der Waals surface area contributed by atoms with Crippen LogP contribution in [-0.2, 0) is 9.84 Å². The summed E-state index contributed by atoms with van der Waals surface area (Å²) in [6, 6.07) is 0. The van der Waals surface area contributed by atoms with E-state index in [1.165, 1.54) is 25.7 Å². The Morgan fingerprint density at radius 3 is 2.57 bits per heavy atom. The van der Waals surface area contributed by atoms with Crippen LogP contribution in [0.3, 0.4) is 0 Å². The predicted molar refractivity (Wildman–Crippen MR) is 89.2 cm³/mol. The van der Waals surface area contributed by atoms with Crippen molar-refractivity contribution in [1.29, 1.82) is 0 Å². The van der Waals surface area contributed by atoms with E-state index >= 15 is 0 Å². The molecule has 1 N–H and O–H groups in total. The SMILES string of the molecule is CCS(=O)(=O)CCCC1(CNCC(C)C)CC2CCC1C2. The smallest absolute Gasteiger partial charge is 0.150 e. The highest BCUT2D eigenvalue weighted by Gasteiger charge is 2.49. The molecular formula is C17H33NO2S. The minimum absolute atomic E-state index is 0.289. The van der Waals surface area contributed by atoms with E-state index in [1.807, 2.05) is 0 Å². The maximum absolute atomic E-state index is 11.7. The molecule has 3 atom stereocenters. The first-order valence-electron chi connectivity index (χ1n) is 8.78. The molecule has 2 aliphatic rings. The Bertz CT molecular complexity index is 432. The molecule has 2 fully saturated rings. The van der Waals surface area contributed by atoms with Crippen LogP contribution in [0.5, 0.6) is 0 Å². The maximum atomic E-state index is 11.7. The van der Waals surface area contributed by atoms with Crippen molar-refractivity contribution in [2.75, 3.05) is 24.6 Å². The molecular weight excluding hydrogens is 282 g/mol. The van der Waals surface area contributed by atoms with Gasteiger partial charge in [0.05, 0.1) is 5.75 Å². The molecule has 0 aromatic rings. The van der Waals surface area contributed by atoms with Crippen LogP contribution >= 0.6 is 0 Å². The summed E-state index contributed by atoms with van der Waals surface area (Å²) in [5.41, 5.74) is 0.390. The molecule has 0 spiro atoms. The van der Waals surface area contributed by atoms with Crippen molar-refractivity contribution in [2.45, 2.75) is 59.3 Å². The van der Waals surface area contributed by atoms with Gasteiger partial charge in [-0.15, -0.1) is 0 Å². The lowest BCUT2D eigenvalue weighted by Crippen LogP contribution is -2.40. The van der Waals surface area contributed by atoms with Gasteiger partial charge < -0.3 is 5.32 Å². The van der Waals surface area contributed by atoms with Gasteiger partial charge in [-0.2, -0.15) is 0 Å². The van der Waals surface area contributed by atoms with Crippen LogP contribution in [0.4, 0.5) is 0 Å². The lowest BCUT2D eigenvalue weighted by atomic mass is 9.70. The Balaban J connectivity index is 1.90. The second-order valence-electron chi connectivity index (χ2n) is 7.81. The maximum Gasteiger partial charge on any atom is 0.150 e. The van der Waals surface area contributed by atoms with Gasteiger partial charge in [0.1, 0.15) is 9.84 Å². The van der Waals surface area contributed by atoms with Crippen molar-refractivity contribution < 1.29 is 8.42 Å². The summed E-state index contributed by atoms with van der Waals surface area (Å²) >= 11 is 0. The molecule has 0 aliphatic heterocycles. The highest BCUT2D eigenvalue weighted by Crippen LogP contribution is 2.57. The Hall–Kier alpha value is -0.0900. The summed E-state index contributed by atoms with van der Waals surface area (Å²) in [7, 11) is -2.81. The quantitative estimate of drug-likeness (QED) is 0.710. The molecule has 0 saturated heterocycles. The first kappa shape index (κ1) is 17.3. The number of fused-ring (bicyclic) bond motifs is 2. The minimum atomic E-state index is -2.81. The van der Waals surface area contributed by atoms with Crippen molar-refractivity contribution in [3.63, 3.8) is 0 Å². The molecule has 3 nitrogen and oxygen atoms in total. The van der Waals surface area contributed by atoms with Crippen LogP contribution in [-0.4, -0.2) is 33.0 Å². The van der Waals surface area contributed by atoms with E-state index in [-0.39, 0.29) is 5.75 Å². The molecule has 0 aromatic carbocycles. The Kier molecular flexibility index (Phi) is 5.75. The second-order valence-corrected chi connectivity index (χ2v) is 10.3. The van der Waals surface area contributed by atoms with E-state index in [9.17, 15) is 8.42 Å². The molecule has 21 heavy (non-hydrogen) atoms. The van der Waals surface area contributed by atoms with Crippen molar-refractivity contribution in [1.82, 2.24) is 5.32 Å². The van der Waals surface area contributed by atoms with Crippen LogP contribution < -0.4 is 5.32 Å². The van der Waals surface area contributed by atoms with Gasteiger partial charge in [-0.3, -0.25) is 0 Å². The molecule has 3 unspecified atom stereocenters. The number of hydrogen-bond acceptors (Lipinski definition) is 3. The summed E-state index contributed by atoms with van der Waals surface area (Å²) in [5.74, 6) is 3.11. The topological polar surface area (TPSA) is 46.2 Å². The van der Waals surface area contributed by atoms with Crippen LogP contribution in [0.1, 0.15) is 59.3 Å². The molecule has 0 aromatic heterocycles. The summed E-state index contributed by atoms with van der Waals surface area (Å²) in [6.07, 6.45) is 7.44. The average molecular weight is 316 g/mol. The van der Waals surface area contributed by atoms with Crippen LogP contribution in [0.15, 0.2) is 0 Å². The molecule has 124 valence electrons. The Morgan fingerprint density at radius 1 is 1.29 bits per heavy atom. The van der Waals surface area contributed by atoms with Crippen molar-refractivity contribution in [2.24, 2.45) is 23.2 Å². The zero-order chi connectivity index (χ0) is 15.5. The largest absolute Gasteiger partial charge is 0.316 e. The van der Waals surface area contributed by atoms with E-state index in [1.54, 1.807) is 6.92 Å². The van der Waals surface area contributed by atoms with Gasteiger partial charge in [0.25, 0.3) is 0 Å². The lowest BCUT2D eigenvalue weighted by Gasteiger charge is -2.38. The summed E-state index contributed by atoms with van der Waals surface area (Å²) in [4.78, 5) is 0. The molecule has 2 aliphatic carbocycles. The van der Waals surface area contributed by atoms with E-state index in [0.29, 0.717) is 17.1 Å².